The number of hydrogen-bond donors (Lipinski definition) is 1. The summed E-state index contributed by atoms with van der Waals surface area (Å²) >= 11 is 0. The molecule has 0 aliphatic carbocycles. The number of aryl methyl sites for hydroxylation is 1. The molecule has 0 spiro atoms. The van der Waals surface area contributed by atoms with E-state index in [4.69, 9.17) is 5.26 Å². The van der Waals surface area contributed by atoms with Crippen molar-refractivity contribution >= 4 is 10.9 Å². The van der Waals surface area contributed by atoms with Crippen LogP contribution in [0.1, 0.15) is 18.1 Å². The van der Waals surface area contributed by atoms with Crippen molar-refractivity contribution in [2.24, 2.45) is 0 Å². The highest BCUT2D eigenvalue weighted by Crippen LogP contribution is 2.11. The van der Waals surface area contributed by atoms with Gasteiger partial charge in [-0.05, 0) is 24.1 Å². The van der Waals surface area contributed by atoms with Gasteiger partial charge in [-0.2, -0.15) is 5.26 Å². The lowest BCUT2D eigenvalue weighted by Crippen LogP contribution is -2.07. The van der Waals surface area contributed by atoms with Gasteiger partial charge in [0.25, 0.3) is 0 Å². The van der Waals surface area contributed by atoms with Gasteiger partial charge in [0, 0.05) is 17.1 Å². The van der Waals surface area contributed by atoms with Crippen molar-refractivity contribution in [3.63, 3.8) is 0 Å². The second kappa shape index (κ2) is 3.58. The van der Waals surface area contributed by atoms with Crippen molar-refractivity contribution in [1.82, 2.24) is 4.98 Å². The van der Waals surface area contributed by atoms with Gasteiger partial charge >= 0.3 is 0 Å². The Morgan fingerprint density at radius 3 is 2.93 bits per heavy atom. The number of aromatic nitrogens is 1. The molecule has 74 valence electrons. The summed E-state index contributed by atoms with van der Waals surface area (Å²) in [7, 11) is 0. The van der Waals surface area contributed by atoms with Gasteiger partial charge in [-0.3, -0.25) is 4.79 Å². The number of nitriles is 1. The second-order valence-corrected chi connectivity index (χ2v) is 3.38. The minimum absolute atomic E-state index is 0.159. The van der Waals surface area contributed by atoms with Gasteiger partial charge in [-0.15, -0.1) is 0 Å². The maximum Gasteiger partial charge on any atom is 0.207 e. The maximum absolute atomic E-state index is 11.7. The normalized spacial score (nSPS) is 10.1. The molecule has 2 rings (SSSR count). The molecule has 0 fully saturated rings. The zero-order valence-electron chi connectivity index (χ0n) is 8.37. The fraction of sp³-hybridized carbons (Fsp3) is 0.167. The molecule has 0 aliphatic heterocycles. The van der Waals surface area contributed by atoms with Gasteiger partial charge < -0.3 is 4.98 Å². The Morgan fingerprint density at radius 1 is 1.47 bits per heavy atom. The summed E-state index contributed by atoms with van der Waals surface area (Å²) in [6, 6.07) is 7.50. The molecule has 1 aromatic carbocycles. The monoisotopic (exact) mass is 198 g/mol. The Balaban J connectivity index is 2.81. The first-order valence-electron chi connectivity index (χ1n) is 4.80. The predicted octanol–water partition coefficient (Wildman–Crippen LogP) is 1.96. The molecule has 0 aliphatic rings. The minimum atomic E-state index is -0.200. The van der Waals surface area contributed by atoms with Crippen molar-refractivity contribution in [2.75, 3.05) is 0 Å². The molecule has 3 heteroatoms. The third-order valence-electron chi connectivity index (χ3n) is 2.47. The highest BCUT2D eigenvalue weighted by molar-refractivity contribution is 5.80. The van der Waals surface area contributed by atoms with Crippen molar-refractivity contribution in [3.8, 4) is 6.07 Å². The van der Waals surface area contributed by atoms with Gasteiger partial charge in [-0.1, -0.05) is 13.0 Å². The summed E-state index contributed by atoms with van der Waals surface area (Å²) < 4.78 is 0. The van der Waals surface area contributed by atoms with E-state index in [1.165, 1.54) is 11.8 Å². The van der Waals surface area contributed by atoms with E-state index in [9.17, 15) is 4.79 Å². The van der Waals surface area contributed by atoms with Crippen molar-refractivity contribution in [2.45, 2.75) is 13.3 Å². The molecule has 15 heavy (non-hydrogen) atoms. The van der Waals surface area contributed by atoms with Crippen LogP contribution in [0.5, 0.6) is 0 Å². The molecular formula is C12H10N2O. The van der Waals surface area contributed by atoms with E-state index in [0.717, 1.165) is 11.9 Å². The minimum Gasteiger partial charge on any atom is -0.360 e. The molecule has 1 N–H and O–H groups in total. The van der Waals surface area contributed by atoms with Crippen LogP contribution in [0.2, 0.25) is 0 Å². The molecule has 0 unspecified atom stereocenters. The largest absolute Gasteiger partial charge is 0.360 e. The standard InChI is InChI=1S/C12H10N2O/c1-2-8-3-4-10-11(5-8)14-7-9(6-13)12(10)15/h3-5,7H,2H2,1H3,(H,14,15). The van der Waals surface area contributed by atoms with Crippen LogP contribution in [0.25, 0.3) is 10.9 Å². The summed E-state index contributed by atoms with van der Waals surface area (Å²) in [6.07, 6.45) is 2.39. The van der Waals surface area contributed by atoms with Crippen LogP contribution in [0.15, 0.2) is 29.2 Å². The summed E-state index contributed by atoms with van der Waals surface area (Å²) in [5.41, 5.74) is 1.92. The lowest BCUT2D eigenvalue weighted by atomic mass is 10.1. The lowest BCUT2D eigenvalue weighted by Gasteiger charge is -2.00. The smallest absolute Gasteiger partial charge is 0.207 e. The average Bonchev–Trinajstić information content (AvgIpc) is 2.29. The van der Waals surface area contributed by atoms with E-state index >= 15 is 0 Å². The molecule has 0 bridgehead atoms. The van der Waals surface area contributed by atoms with E-state index in [0.29, 0.717) is 5.39 Å². The lowest BCUT2D eigenvalue weighted by molar-refractivity contribution is 1.14. The predicted molar refractivity (Wildman–Crippen MR) is 58.7 cm³/mol. The third-order valence-corrected chi connectivity index (χ3v) is 2.47. The van der Waals surface area contributed by atoms with Crippen LogP contribution in [0.3, 0.4) is 0 Å². The highest BCUT2D eigenvalue weighted by atomic mass is 16.1. The van der Waals surface area contributed by atoms with Crippen LogP contribution in [-0.2, 0) is 6.42 Å². The molecule has 3 nitrogen and oxygen atoms in total. The van der Waals surface area contributed by atoms with Crippen LogP contribution < -0.4 is 5.43 Å². The van der Waals surface area contributed by atoms with Crippen LogP contribution >= 0.6 is 0 Å². The molecule has 1 aromatic heterocycles. The third kappa shape index (κ3) is 1.50. The Labute approximate surface area is 87.0 Å². The van der Waals surface area contributed by atoms with Gasteiger partial charge in [0.1, 0.15) is 11.6 Å². The number of H-pyrrole nitrogens is 1. The molecule has 0 amide bonds. The molecular weight excluding hydrogens is 188 g/mol. The van der Waals surface area contributed by atoms with Gasteiger partial charge in [0.05, 0.1) is 0 Å². The van der Waals surface area contributed by atoms with E-state index < -0.39 is 0 Å². The summed E-state index contributed by atoms with van der Waals surface area (Å²) in [5, 5.41) is 9.28. The summed E-state index contributed by atoms with van der Waals surface area (Å²) in [6.45, 7) is 2.06. The Morgan fingerprint density at radius 2 is 2.27 bits per heavy atom. The number of nitrogens with zero attached hydrogens (tertiary/aromatic N) is 1. The Kier molecular flexibility index (Phi) is 2.26. The fourth-order valence-corrected chi connectivity index (χ4v) is 1.57. The number of pyridine rings is 1. The van der Waals surface area contributed by atoms with Crippen LogP contribution in [-0.4, -0.2) is 4.98 Å². The SMILES string of the molecule is CCc1ccc2c(=O)c(C#N)c[nH]c2c1. The Bertz CT molecular complexity index is 605. The van der Waals surface area contributed by atoms with Crippen molar-refractivity contribution in [3.05, 3.63) is 45.7 Å². The number of benzene rings is 1. The van der Waals surface area contributed by atoms with Gasteiger partial charge in [-0.25, -0.2) is 0 Å². The molecule has 0 radical (unpaired) electrons. The van der Waals surface area contributed by atoms with Crippen LogP contribution in [0, 0.1) is 11.3 Å². The zero-order valence-corrected chi connectivity index (χ0v) is 8.37. The highest BCUT2D eigenvalue weighted by Gasteiger charge is 2.04. The second-order valence-electron chi connectivity index (χ2n) is 3.38. The van der Waals surface area contributed by atoms with E-state index in [1.54, 1.807) is 6.07 Å². The quantitative estimate of drug-likeness (QED) is 0.761. The number of fused-ring (bicyclic) bond motifs is 1. The number of rotatable bonds is 1. The zero-order chi connectivity index (χ0) is 10.8. The number of hydrogen-bond acceptors (Lipinski definition) is 2. The van der Waals surface area contributed by atoms with Gasteiger partial charge in [0.15, 0.2) is 0 Å². The van der Waals surface area contributed by atoms with Crippen molar-refractivity contribution < 1.29 is 0 Å². The first-order valence-corrected chi connectivity index (χ1v) is 4.80. The topological polar surface area (TPSA) is 56.6 Å². The average molecular weight is 198 g/mol. The molecule has 0 atom stereocenters. The summed E-state index contributed by atoms with van der Waals surface area (Å²) in [5.74, 6) is 0. The van der Waals surface area contributed by atoms with E-state index in [-0.39, 0.29) is 11.0 Å². The van der Waals surface area contributed by atoms with Crippen LogP contribution in [0.4, 0.5) is 0 Å². The van der Waals surface area contributed by atoms with E-state index in [1.807, 2.05) is 18.2 Å². The molecule has 0 saturated heterocycles. The molecule has 0 saturated carbocycles. The van der Waals surface area contributed by atoms with Gasteiger partial charge in [0.2, 0.25) is 5.43 Å². The Hall–Kier alpha value is -2.08. The number of aromatic amines is 1. The first kappa shape index (κ1) is 9.47. The summed E-state index contributed by atoms with van der Waals surface area (Å²) in [4.78, 5) is 14.7. The molecule has 2 aromatic rings. The fourth-order valence-electron chi connectivity index (χ4n) is 1.57. The van der Waals surface area contributed by atoms with Crippen molar-refractivity contribution in [1.29, 1.82) is 5.26 Å². The molecule has 1 heterocycles. The maximum atomic E-state index is 11.7. The van der Waals surface area contributed by atoms with E-state index in [2.05, 4.69) is 11.9 Å². The number of nitrogens with one attached hydrogen (secondary N) is 1. The first-order chi connectivity index (χ1) is 7.26.